The third-order valence-corrected chi connectivity index (χ3v) is 4.19. The fraction of sp³-hybridized carbons (Fsp3) is 0.400. The summed E-state index contributed by atoms with van der Waals surface area (Å²) in [7, 11) is 0. The Bertz CT molecular complexity index is 738. The van der Waals surface area contributed by atoms with Gasteiger partial charge in [0, 0.05) is 18.9 Å². The number of nitrogens with zero attached hydrogens (tertiary/aromatic N) is 2. The van der Waals surface area contributed by atoms with Gasteiger partial charge in [0.2, 0.25) is 0 Å². The molecular formula is C15H19ClN4O2. The molecule has 1 amide bonds. The highest BCUT2D eigenvalue weighted by Gasteiger charge is 2.34. The van der Waals surface area contributed by atoms with Crippen molar-refractivity contribution in [2.24, 2.45) is 5.73 Å². The van der Waals surface area contributed by atoms with Gasteiger partial charge in [-0.2, -0.15) is 0 Å². The lowest BCUT2D eigenvalue weighted by molar-refractivity contribution is 0.0901. The van der Waals surface area contributed by atoms with Crippen molar-refractivity contribution < 1.29 is 4.79 Å². The van der Waals surface area contributed by atoms with Crippen molar-refractivity contribution in [1.29, 1.82) is 0 Å². The third-order valence-electron chi connectivity index (χ3n) is 4.19. The molecule has 2 aromatic rings. The summed E-state index contributed by atoms with van der Waals surface area (Å²) < 4.78 is 1.37. The smallest absolute Gasteiger partial charge is 0.270 e. The van der Waals surface area contributed by atoms with E-state index in [2.05, 4.69) is 10.3 Å². The number of carbonyl (C=O) groups is 1. The molecule has 0 atom stereocenters. The first-order valence-electron chi connectivity index (χ1n) is 7.14. The van der Waals surface area contributed by atoms with Crippen LogP contribution in [0.5, 0.6) is 0 Å². The third kappa shape index (κ3) is 2.84. The van der Waals surface area contributed by atoms with Crippen LogP contribution in [0.3, 0.4) is 0 Å². The van der Waals surface area contributed by atoms with Crippen LogP contribution >= 0.6 is 12.4 Å². The Morgan fingerprint density at radius 3 is 2.77 bits per heavy atom. The lowest BCUT2D eigenvalue weighted by atomic mass is 9.97. The molecule has 1 aliphatic carbocycles. The van der Waals surface area contributed by atoms with Gasteiger partial charge < -0.3 is 11.1 Å². The summed E-state index contributed by atoms with van der Waals surface area (Å²) in [6.45, 7) is 0.390. The van der Waals surface area contributed by atoms with Gasteiger partial charge in [-0.25, -0.2) is 4.98 Å². The predicted octanol–water partition coefficient (Wildman–Crippen LogP) is 1.12. The molecule has 118 valence electrons. The van der Waals surface area contributed by atoms with Crippen LogP contribution in [0.25, 0.3) is 5.65 Å². The molecule has 0 radical (unpaired) electrons. The van der Waals surface area contributed by atoms with Crippen LogP contribution in [0.1, 0.15) is 36.0 Å². The zero-order valence-electron chi connectivity index (χ0n) is 12.1. The fourth-order valence-electron chi connectivity index (χ4n) is 2.92. The molecule has 0 unspecified atom stereocenters. The largest absolute Gasteiger partial charge is 0.345 e. The molecule has 0 bridgehead atoms. The van der Waals surface area contributed by atoms with Gasteiger partial charge in [0.05, 0.1) is 5.54 Å². The van der Waals surface area contributed by atoms with Gasteiger partial charge in [-0.15, -0.1) is 12.4 Å². The van der Waals surface area contributed by atoms with Crippen LogP contribution in [0, 0.1) is 0 Å². The minimum Gasteiger partial charge on any atom is -0.345 e. The van der Waals surface area contributed by atoms with Gasteiger partial charge in [0.25, 0.3) is 11.5 Å². The number of nitrogens with two attached hydrogens (primary N) is 1. The summed E-state index contributed by atoms with van der Waals surface area (Å²) in [5.74, 6) is -0.391. The van der Waals surface area contributed by atoms with E-state index in [0.717, 1.165) is 25.7 Å². The van der Waals surface area contributed by atoms with Crippen LogP contribution in [-0.4, -0.2) is 27.4 Å². The molecule has 3 N–H and O–H groups in total. The first kappa shape index (κ1) is 16.5. The van der Waals surface area contributed by atoms with Crippen molar-refractivity contribution >= 4 is 24.0 Å². The van der Waals surface area contributed by atoms with Crippen molar-refractivity contribution in [3.8, 4) is 0 Å². The van der Waals surface area contributed by atoms with Crippen LogP contribution in [0.15, 0.2) is 35.4 Å². The van der Waals surface area contributed by atoms with E-state index < -0.39 is 5.91 Å². The summed E-state index contributed by atoms with van der Waals surface area (Å²) in [5.41, 5.74) is 5.65. The maximum atomic E-state index is 12.4. The Morgan fingerprint density at radius 2 is 2.09 bits per heavy atom. The van der Waals surface area contributed by atoms with E-state index in [1.54, 1.807) is 24.4 Å². The van der Waals surface area contributed by atoms with Gasteiger partial charge in [-0.05, 0) is 25.0 Å². The summed E-state index contributed by atoms with van der Waals surface area (Å²) in [5, 5.41) is 2.95. The van der Waals surface area contributed by atoms with Gasteiger partial charge >= 0.3 is 0 Å². The molecule has 2 aromatic heterocycles. The molecule has 1 saturated carbocycles. The molecule has 0 saturated heterocycles. The van der Waals surface area contributed by atoms with Crippen molar-refractivity contribution in [2.75, 3.05) is 6.54 Å². The van der Waals surface area contributed by atoms with E-state index in [0.29, 0.717) is 12.2 Å². The second-order valence-corrected chi connectivity index (χ2v) is 5.55. The number of pyridine rings is 1. The second kappa shape index (κ2) is 6.46. The Balaban J connectivity index is 0.00000176. The number of halogens is 1. The lowest BCUT2D eigenvalue weighted by Crippen LogP contribution is -2.52. The summed E-state index contributed by atoms with van der Waals surface area (Å²) in [6, 6.07) is 5.25. The van der Waals surface area contributed by atoms with Crippen LogP contribution in [0.4, 0.5) is 0 Å². The maximum Gasteiger partial charge on any atom is 0.270 e. The summed E-state index contributed by atoms with van der Waals surface area (Å²) >= 11 is 0. The Kier molecular flexibility index (Phi) is 4.83. The zero-order chi connectivity index (χ0) is 14.9. The Morgan fingerprint density at radius 1 is 1.36 bits per heavy atom. The monoisotopic (exact) mass is 322 g/mol. The first-order chi connectivity index (χ1) is 10.2. The molecule has 22 heavy (non-hydrogen) atoms. The number of rotatable bonds is 3. The van der Waals surface area contributed by atoms with Crippen molar-refractivity contribution in [3.63, 3.8) is 0 Å². The topological polar surface area (TPSA) is 89.5 Å². The number of carbonyl (C=O) groups excluding carboxylic acids is 1. The number of nitrogens with one attached hydrogen (secondary N) is 1. The molecule has 2 heterocycles. The van der Waals surface area contributed by atoms with Gasteiger partial charge in [0.1, 0.15) is 11.2 Å². The molecule has 0 aromatic carbocycles. The number of aromatic nitrogens is 2. The SMILES string of the molecule is Cl.NCC1(NC(=O)c2cnc3ccccn3c2=O)CCCC1. The number of hydrogen-bond acceptors (Lipinski definition) is 4. The van der Waals surface area contributed by atoms with Crippen LogP contribution < -0.4 is 16.6 Å². The summed E-state index contributed by atoms with van der Waals surface area (Å²) in [4.78, 5) is 28.9. The highest BCUT2D eigenvalue weighted by atomic mass is 35.5. The number of hydrogen-bond donors (Lipinski definition) is 2. The van der Waals surface area contributed by atoms with Gasteiger partial charge in [-0.1, -0.05) is 18.9 Å². The van der Waals surface area contributed by atoms with Crippen molar-refractivity contribution in [1.82, 2.24) is 14.7 Å². The lowest BCUT2D eigenvalue weighted by Gasteiger charge is -2.28. The number of fused-ring (bicyclic) bond motifs is 1. The van der Waals surface area contributed by atoms with Crippen molar-refractivity contribution in [3.05, 3.63) is 46.5 Å². The molecule has 6 nitrogen and oxygen atoms in total. The predicted molar refractivity (Wildman–Crippen MR) is 86.4 cm³/mol. The van der Waals surface area contributed by atoms with E-state index in [1.807, 2.05) is 0 Å². The minimum atomic E-state index is -0.391. The average Bonchev–Trinajstić information content (AvgIpc) is 2.97. The summed E-state index contributed by atoms with van der Waals surface area (Å²) in [6.07, 6.45) is 6.76. The first-order valence-corrected chi connectivity index (χ1v) is 7.14. The van der Waals surface area contributed by atoms with E-state index in [4.69, 9.17) is 5.73 Å². The molecule has 0 aliphatic heterocycles. The molecule has 3 rings (SSSR count). The Labute approximate surface area is 134 Å². The molecular weight excluding hydrogens is 304 g/mol. The van der Waals surface area contributed by atoms with E-state index in [1.165, 1.54) is 10.6 Å². The molecule has 0 spiro atoms. The normalized spacial score (nSPS) is 16.2. The van der Waals surface area contributed by atoms with Gasteiger partial charge in [-0.3, -0.25) is 14.0 Å². The number of amides is 1. The average molecular weight is 323 g/mol. The van der Waals surface area contributed by atoms with E-state index in [9.17, 15) is 9.59 Å². The second-order valence-electron chi connectivity index (χ2n) is 5.55. The highest BCUT2D eigenvalue weighted by Crippen LogP contribution is 2.28. The minimum absolute atomic E-state index is 0. The van der Waals surface area contributed by atoms with Gasteiger partial charge in [0.15, 0.2) is 0 Å². The molecule has 1 aliphatic rings. The maximum absolute atomic E-state index is 12.4. The standard InChI is InChI=1S/C15H18N4O2.ClH/c16-10-15(6-2-3-7-15)18-13(20)11-9-17-12-5-1-4-8-19(12)14(11)21;/h1,4-5,8-9H,2-3,6-7,10,16H2,(H,18,20);1H. The highest BCUT2D eigenvalue weighted by molar-refractivity contribution is 5.94. The van der Waals surface area contributed by atoms with Crippen molar-refractivity contribution in [2.45, 2.75) is 31.2 Å². The van der Waals surface area contributed by atoms with Crippen LogP contribution in [-0.2, 0) is 0 Å². The quantitative estimate of drug-likeness (QED) is 0.886. The van der Waals surface area contributed by atoms with E-state index >= 15 is 0 Å². The molecule has 1 fully saturated rings. The Hall–Kier alpha value is -1.92. The van der Waals surface area contributed by atoms with E-state index in [-0.39, 0.29) is 29.1 Å². The van der Waals surface area contributed by atoms with Crippen LogP contribution in [0.2, 0.25) is 0 Å². The zero-order valence-corrected chi connectivity index (χ0v) is 12.9. The fourth-order valence-corrected chi connectivity index (χ4v) is 2.92. The molecule has 7 heteroatoms.